The molecule has 90 valence electrons. The third kappa shape index (κ3) is 1.73. The first kappa shape index (κ1) is 11.0. The lowest BCUT2D eigenvalue weighted by atomic mass is 9.97. The minimum absolute atomic E-state index is 0.0646. The Bertz CT molecular complexity index is 469. The normalized spacial score (nSPS) is 27.8. The Morgan fingerprint density at radius 1 is 1.47 bits per heavy atom. The minimum Gasteiger partial charge on any atom is -0.379 e. The molecule has 2 aliphatic heterocycles. The highest BCUT2D eigenvalue weighted by Crippen LogP contribution is 2.35. The van der Waals surface area contributed by atoms with Crippen LogP contribution in [0.25, 0.3) is 0 Å². The summed E-state index contributed by atoms with van der Waals surface area (Å²) in [6.07, 6.45) is 0.976. The predicted molar refractivity (Wildman–Crippen MR) is 71.3 cm³/mol. The molecule has 1 spiro atoms. The number of hydrogen-bond acceptors (Lipinski definition) is 4. The van der Waals surface area contributed by atoms with Gasteiger partial charge in [0.15, 0.2) is 5.96 Å². The van der Waals surface area contributed by atoms with Gasteiger partial charge in [-0.05, 0) is 24.6 Å². The Kier molecular flexibility index (Phi) is 2.60. The summed E-state index contributed by atoms with van der Waals surface area (Å²) in [4.78, 5) is 6.50. The Morgan fingerprint density at radius 2 is 2.35 bits per heavy atom. The van der Waals surface area contributed by atoms with Crippen molar-refractivity contribution in [1.29, 1.82) is 0 Å². The molecule has 0 aliphatic carbocycles. The highest BCUT2D eigenvalue weighted by molar-refractivity contribution is 9.10. The molecule has 1 aromatic carbocycles. The summed E-state index contributed by atoms with van der Waals surface area (Å²) in [7, 11) is 0. The molecule has 4 nitrogen and oxygen atoms in total. The fourth-order valence-corrected chi connectivity index (χ4v) is 2.92. The molecule has 17 heavy (non-hydrogen) atoms. The molecule has 0 bridgehead atoms. The third-order valence-electron chi connectivity index (χ3n) is 3.39. The number of benzene rings is 1. The third-order valence-corrected chi connectivity index (χ3v) is 3.88. The van der Waals surface area contributed by atoms with E-state index in [0.717, 1.165) is 29.7 Å². The zero-order chi connectivity index (χ0) is 11.9. The average Bonchev–Trinajstić information content (AvgIpc) is 2.88. The van der Waals surface area contributed by atoms with Gasteiger partial charge in [0.25, 0.3) is 0 Å². The number of rotatable bonds is 1. The number of halogens is 1. The van der Waals surface area contributed by atoms with Gasteiger partial charge >= 0.3 is 0 Å². The number of guanidine groups is 1. The van der Waals surface area contributed by atoms with Crippen molar-refractivity contribution in [2.24, 2.45) is 10.7 Å². The van der Waals surface area contributed by atoms with Crippen molar-refractivity contribution in [3.8, 4) is 0 Å². The first-order chi connectivity index (χ1) is 8.21. The first-order valence-electron chi connectivity index (χ1n) is 5.65. The Morgan fingerprint density at radius 3 is 3.06 bits per heavy atom. The molecule has 5 heteroatoms. The molecule has 0 aromatic heterocycles. The summed E-state index contributed by atoms with van der Waals surface area (Å²) in [6, 6.07) is 8.13. The van der Waals surface area contributed by atoms with E-state index in [2.05, 4.69) is 38.0 Å². The van der Waals surface area contributed by atoms with Crippen LogP contribution in [0.2, 0.25) is 0 Å². The molecule has 2 N–H and O–H groups in total. The largest absolute Gasteiger partial charge is 0.379 e. The molecular formula is C12H14BrN3O. The lowest BCUT2D eigenvalue weighted by Crippen LogP contribution is -2.52. The quantitative estimate of drug-likeness (QED) is 0.859. The summed E-state index contributed by atoms with van der Waals surface area (Å²) in [5, 5.41) is 0. The molecule has 0 saturated carbocycles. The predicted octanol–water partition coefficient (Wildman–Crippen LogP) is 1.74. The van der Waals surface area contributed by atoms with E-state index in [1.807, 2.05) is 12.1 Å². The SMILES string of the molecule is NC1=NCC2(CCOC2)N1c1cccc(Br)c1. The molecule has 0 amide bonds. The monoisotopic (exact) mass is 295 g/mol. The van der Waals surface area contributed by atoms with Gasteiger partial charge < -0.3 is 15.4 Å². The van der Waals surface area contributed by atoms with Gasteiger partial charge in [0.1, 0.15) is 0 Å². The summed E-state index contributed by atoms with van der Waals surface area (Å²) < 4.78 is 6.58. The van der Waals surface area contributed by atoms with Gasteiger partial charge in [-0.3, -0.25) is 4.99 Å². The second-order valence-corrected chi connectivity index (χ2v) is 5.43. The van der Waals surface area contributed by atoms with Crippen molar-refractivity contribution in [3.05, 3.63) is 28.7 Å². The van der Waals surface area contributed by atoms with Gasteiger partial charge in [-0.15, -0.1) is 0 Å². The fraction of sp³-hybridized carbons (Fsp3) is 0.417. The molecule has 1 aromatic rings. The van der Waals surface area contributed by atoms with E-state index in [0.29, 0.717) is 12.6 Å². The standard InChI is InChI=1S/C12H14BrN3O/c13-9-2-1-3-10(6-9)16-11(14)15-7-12(16)4-5-17-8-12/h1-3,6H,4-5,7-8H2,(H2,14,15). The first-order valence-corrected chi connectivity index (χ1v) is 6.44. The van der Waals surface area contributed by atoms with Crippen molar-refractivity contribution in [1.82, 2.24) is 0 Å². The van der Waals surface area contributed by atoms with Gasteiger partial charge in [0.05, 0.1) is 18.7 Å². The Balaban J connectivity index is 2.01. The summed E-state index contributed by atoms with van der Waals surface area (Å²) in [5.74, 6) is 0.591. The zero-order valence-electron chi connectivity index (χ0n) is 9.40. The number of aliphatic imine (C=N–C) groups is 1. The molecule has 1 fully saturated rings. The van der Waals surface area contributed by atoms with Crippen molar-refractivity contribution in [2.45, 2.75) is 12.0 Å². The van der Waals surface area contributed by atoms with Crippen LogP contribution in [-0.2, 0) is 4.74 Å². The van der Waals surface area contributed by atoms with Crippen LogP contribution in [0.4, 0.5) is 5.69 Å². The summed E-state index contributed by atoms with van der Waals surface area (Å²) >= 11 is 3.49. The molecule has 1 unspecified atom stereocenters. The maximum Gasteiger partial charge on any atom is 0.196 e. The molecule has 2 heterocycles. The number of ether oxygens (including phenoxy) is 1. The van der Waals surface area contributed by atoms with Crippen molar-refractivity contribution >= 4 is 27.6 Å². The second kappa shape index (κ2) is 3.99. The summed E-state index contributed by atoms with van der Waals surface area (Å²) in [6.45, 7) is 2.21. The van der Waals surface area contributed by atoms with Crippen LogP contribution in [0.1, 0.15) is 6.42 Å². The molecular weight excluding hydrogens is 282 g/mol. The zero-order valence-corrected chi connectivity index (χ0v) is 11.0. The molecule has 3 rings (SSSR count). The van der Waals surface area contributed by atoms with Crippen molar-refractivity contribution in [3.63, 3.8) is 0 Å². The number of nitrogens with zero attached hydrogens (tertiary/aromatic N) is 2. The van der Waals surface area contributed by atoms with E-state index >= 15 is 0 Å². The van der Waals surface area contributed by atoms with E-state index in [9.17, 15) is 0 Å². The van der Waals surface area contributed by atoms with E-state index in [-0.39, 0.29) is 5.54 Å². The maximum absolute atomic E-state index is 6.02. The Hall–Kier alpha value is -1.07. The average molecular weight is 296 g/mol. The highest BCUT2D eigenvalue weighted by Gasteiger charge is 2.46. The van der Waals surface area contributed by atoms with Gasteiger partial charge in [0.2, 0.25) is 0 Å². The van der Waals surface area contributed by atoms with E-state index < -0.39 is 0 Å². The van der Waals surface area contributed by atoms with Crippen LogP contribution in [0.3, 0.4) is 0 Å². The highest BCUT2D eigenvalue weighted by atomic mass is 79.9. The minimum atomic E-state index is -0.0646. The van der Waals surface area contributed by atoms with Crippen LogP contribution in [0.5, 0.6) is 0 Å². The van der Waals surface area contributed by atoms with Gasteiger partial charge in [-0.25, -0.2) is 0 Å². The second-order valence-electron chi connectivity index (χ2n) is 4.52. The van der Waals surface area contributed by atoms with Crippen LogP contribution >= 0.6 is 15.9 Å². The Labute approximate surface area is 109 Å². The van der Waals surface area contributed by atoms with Crippen LogP contribution in [0, 0.1) is 0 Å². The number of nitrogens with two attached hydrogens (primary N) is 1. The molecule has 2 aliphatic rings. The van der Waals surface area contributed by atoms with E-state index in [1.165, 1.54) is 0 Å². The van der Waals surface area contributed by atoms with Crippen molar-refractivity contribution in [2.75, 3.05) is 24.7 Å². The van der Waals surface area contributed by atoms with E-state index in [4.69, 9.17) is 10.5 Å². The van der Waals surface area contributed by atoms with Crippen LogP contribution in [0.15, 0.2) is 33.7 Å². The molecule has 0 radical (unpaired) electrons. The number of anilines is 1. The van der Waals surface area contributed by atoms with E-state index in [1.54, 1.807) is 0 Å². The maximum atomic E-state index is 6.02. The van der Waals surface area contributed by atoms with Gasteiger partial charge in [0, 0.05) is 16.8 Å². The van der Waals surface area contributed by atoms with Crippen molar-refractivity contribution < 1.29 is 4.74 Å². The van der Waals surface area contributed by atoms with Gasteiger partial charge in [-0.1, -0.05) is 22.0 Å². The lowest BCUT2D eigenvalue weighted by Gasteiger charge is -2.34. The fourth-order valence-electron chi connectivity index (χ4n) is 2.53. The molecule has 1 saturated heterocycles. The lowest BCUT2D eigenvalue weighted by molar-refractivity contribution is 0.181. The topological polar surface area (TPSA) is 50.9 Å². The van der Waals surface area contributed by atoms with Crippen LogP contribution < -0.4 is 10.6 Å². The van der Waals surface area contributed by atoms with Crippen LogP contribution in [-0.4, -0.2) is 31.3 Å². The smallest absolute Gasteiger partial charge is 0.196 e. The molecule has 1 atom stereocenters. The summed E-state index contributed by atoms with van der Waals surface area (Å²) in [5.41, 5.74) is 7.03. The number of hydrogen-bond donors (Lipinski definition) is 1. The van der Waals surface area contributed by atoms with Gasteiger partial charge in [-0.2, -0.15) is 0 Å².